The van der Waals surface area contributed by atoms with E-state index in [9.17, 15) is 32.7 Å². The minimum absolute atomic E-state index is 0.0424. The fourth-order valence-corrected chi connectivity index (χ4v) is 5.15. The molecule has 0 saturated carbocycles. The van der Waals surface area contributed by atoms with Crippen molar-refractivity contribution in [2.45, 2.75) is 57.5 Å². The summed E-state index contributed by atoms with van der Waals surface area (Å²) in [6, 6.07) is 4.17. The van der Waals surface area contributed by atoms with E-state index in [1.807, 2.05) is 0 Å². The summed E-state index contributed by atoms with van der Waals surface area (Å²) in [5.74, 6) is -5.27. The zero-order chi connectivity index (χ0) is 27.8. The third-order valence-electron chi connectivity index (χ3n) is 7.25. The normalized spacial score (nSPS) is 18.5. The largest absolute Gasteiger partial charge is 0.479 e. The van der Waals surface area contributed by atoms with E-state index in [1.165, 1.54) is 6.07 Å². The number of aromatic amines is 1. The molecule has 2 unspecified atom stereocenters. The van der Waals surface area contributed by atoms with Crippen LogP contribution in [0.4, 0.5) is 13.2 Å². The Morgan fingerprint density at radius 3 is 2.55 bits per heavy atom. The molecule has 0 fully saturated rings. The van der Waals surface area contributed by atoms with E-state index in [0.29, 0.717) is 34.6 Å². The van der Waals surface area contributed by atoms with Crippen molar-refractivity contribution in [3.05, 3.63) is 69.6 Å². The van der Waals surface area contributed by atoms with Crippen LogP contribution in [0.25, 0.3) is 10.9 Å². The van der Waals surface area contributed by atoms with Crippen molar-refractivity contribution in [3.63, 3.8) is 0 Å². The number of aryl methyl sites for hydroxylation is 1. The molecule has 3 aromatic rings. The van der Waals surface area contributed by atoms with E-state index in [1.54, 1.807) is 13.8 Å². The summed E-state index contributed by atoms with van der Waals surface area (Å²) >= 11 is 6.18. The molecule has 202 valence electrons. The lowest BCUT2D eigenvalue weighted by molar-refractivity contribution is -0.149. The van der Waals surface area contributed by atoms with E-state index >= 15 is 0 Å². The molecule has 1 aliphatic carbocycles. The second kappa shape index (κ2) is 10.7. The van der Waals surface area contributed by atoms with Crippen molar-refractivity contribution >= 4 is 40.3 Å². The van der Waals surface area contributed by atoms with Gasteiger partial charge in [-0.05, 0) is 48.1 Å². The van der Waals surface area contributed by atoms with Crippen molar-refractivity contribution in [1.29, 1.82) is 0 Å². The molecule has 1 aromatic heterocycles. The zero-order valence-corrected chi connectivity index (χ0v) is 21.5. The van der Waals surface area contributed by atoms with E-state index < -0.39 is 53.2 Å². The fourth-order valence-electron chi connectivity index (χ4n) is 4.89. The Morgan fingerprint density at radius 1 is 1.16 bits per heavy atom. The number of carboxylic acids is 1. The average Bonchev–Trinajstić information content (AvgIpc) is 3.21. The molecule has 0 saturated heterocycles. The van der Waals surface area contributed by atoms with Crippen LogP contribution in [0.5, 0.6) is 0 Å². The predicted octanol–water partition coefficient (Wildman–Crippen LogP) is 4.44. The first-order valence-corrected chi connectivity index (χ1v) is 12.6. The molecular formula is C27H27ClF3N3O4. The molecule has 7 nitrogen and oxygen atoms in total. The maximum Gasteiger partial charge on any atom is 0.329 e. The van der Waals surface area contributed by atoms with Gasteiger partial charge in [-0.15, -0.1) is 0 Å². The third kappa shape index (κ3) is 5.36. The number of carbonyl (C=O) groups is 3. The second-order valence-corrected chi connectivity index (χ2v) is 10.2. The standard InChI is InChI=1S/C27H27ClF3N3O4/c1-3-13(2)23(33-22(35)8-14-4-5-15(29)11-20(14)31)25(36)34-27(26(37)38)7-6-21-18(12-27)17-9-16(30)10-19(28)24(17)32-21/h4-5,9-11,13,23,32H,3,6-8,12H2,1-2H3,(H,33,35)(H,34,36)(H,37,38)/t13?,23?,27-/m1/s1. The highest BCUT2D eigenvalue weighted by atomic mass is 35.5. The van der Waals surface area contributed by atoms with Crippen LogP contribution in [0.3, 0.4) is 0 Å². The van der Waals surface area contributed by atoms with Crippen LogP contribution in [-0.2, 0) is 33.6 Å². The monoisotopic (exact) mass is 549 g/mol. The summed E-state index contributed by atoms with van der Waals surface area (Å²) in [6.45, 7) is 3.53. The summed E-state index contributed by atoms with van der Waals surface area (Å²) in [5.41, 5.74) is -0.00192. The molecule has 11 heteroatoms. The number of halogens is 4. The first-order valence-electron chi connectivity index (χ1n) is 12.2. The quantitative estimate of drug-likeness (QED) is 0.333. The number of H-pyrrole nitrogens is 1. The minimum atomic E-state index is -1.71. The molecular weight excluding hydrogens is 523 g/mol. The SMILES string of the molecule is CCC(C)C(NC(=O)Cc1ccc(F)cc1F)C(=O)N[C@]1(C(=O)O)CCc2[nH]c3c(Cl)cc(F)cc3c2C1. The van der Waals surface area contributed by atoms with Gasteiger partial charge in [-0.3, -0.25) is 9.59 Å². The Labute approximate surface area is 221 Å². The summed E-state index contributed by atoms with van der Waals surface area (Å²) < 4.78 is 41.3. The molecule has 0 spiro atoms. The lowest BCUT2D eigenvalue weighted by Gasteiger charge is -2.36. The molecule has 1 aliphatic rings. The molecule has 4 rings (SSSR count). The number of aliphatic carboxylic acids is 1. The van der Waals surface area contributed by atoms with Gasteiger partial charge in [-0.1, -0.05) is 37.9 Å². The fraction of sp³-hybridized carbons (Fsp3) is 0.370. The molecule has 2 amide bonds. The van der Waals surface area contributed by atoms with Crippen LogP contribution in [0.2, 0.25) is 5.02 Å². The molecule has 1 heterocycles. The number of carboxylic acid groups (broad SMARTS) is 1. The summed E-state index contributed by atoms with van der Waals surface area (Å²) in [4.78, 5) is 41.8. The van der Waals surface area contributed by atoms with Gasteiger partial charge in [-0.25, -0.2) is 18.0 Å². The summed E-state index contributed by atoms with van der Waals surface area (Å²) in [7, 11) is 0. The number of benzene rings is 2. The topological polar surface area (TPSA) is 111 Å². The Morgan fingerprint density at radius 2 is 1.89 bits per heavy atom. The molecule has 0 bridgehead atoms. The highest BCUT2D eigenvalue weighted by molar-refractivity contribution is 6.35. The summed E-state index contributed by atoms with van der Waals surface area (Å²) in [6.07, 6.45) is 0.245. The molecule has 0 aliphatic heterocycles. The Balaban J connectivity index is 1.58. The van der Waals surface area contributed by atoms with Gasteiger partial charge in [-0.2, -0.15) is 0 Å². The van der Waals surface area contributed by atoms with E-state index in [0.717, 1.165) is 18.2 Å². The zero-order valence-electron chi connectivity index (χ0n) is 20.8. The third-order valence-corrected chi connectivity index (χ3v) is 7.55. The van der Waals surface area contributed by atoms with Crippen LogP contribution in [0.15, 0.2) is 30.3 Å². The lowest BCUT2D eigenvalue weighted by Crippen LogP contribution is -2.62. The highest BCUT2D eigenvalue weighted by Crippen LogP contribution is 2.37. The number of aromatic nitrogens is 1. The van der Waals surface area contributed by atoms with Crippen molar-refractivity contribution in [2.75, 3.05) is 0 Å². The number of amides is 2. The van der Waals surface area contributed by atoms with Crippen molar-refractivity contribution in [1.82, 2.24) is 15.6 Å². The van der Waals surface area contributed by atoms with Gasteiger partial charge in [0.1, 0.15) is 29.0 Å². The first-order chi connectivity index (χ1) is 17.9. The number of rotatable bonds is 8. The molecule has 2 aromatic carbocycles. The minimum Gasteiger partial charge on any atom is -0.479 e. The molecule has 0 radical (unpaired) electrons. The Bertz CT molecular complexity index is 1430. The van der Waals surface area contributed by atoms with Gasteiger partial charge < -0.3 is 20.7 Å². The average molecular weight is 550 g/mol. The molecule has 3 atom stereocenters. The van der Waals surface area contributed by atoms with Crippen LogP contribution >= 0.6 is 11.6 Å². The van der Waals surface area contributed by atoms with Gasteiger partial charge in [0.15, 0.2) is 0 Å². The van der Waals surface area contributed by atoms with Crippen LogP contribution in [0.1, 0.15) is 43.5 Å². The number of nitrogens with one attached hydrogen (secondary N) is 3. The maximum atomic E-state index is 14.1. The lowest BCUT2D eigenvalue weighted by atomic mass is 9.79. The van der Waals surface area contributed by atoms with Gasteiger partial charge in [0.2, 0.25) is 11.8 Å². The predicted molar refractivity (Wildman–Crippen MR) is 135 cm³/mol. The van der Waals surface area contributed by atoms with E-state index in [4.69, 9.17) is 11.6 Å². The van der Waals surface area contributed by atoms with Crippen LogP contribution in [0, 0.1) is 23.4 Å². The number of hydrogen-bond donors (Lipinski definition) is 4. The van der Waals surface area contributed by atoms with E-state index in [2.05, 4.69) is 15.6 Å². The summed E-state index contributed by atoms with van der Waals surface area (Å²) in [5, 5.41) is 16.0. The molecule has 4 N–H and O–H groups in total. The van der Waals surface area contributed by atoms with Crippen LogP contribution in [-0.4, -0.2) is 39.5 Å². The Hall–Kier alpha value is -3.53. The smallest absolute Gasteiger partial charge is 0.329 e. The second-order valence-electron chi connectivity index (χ2n) is 9.79. The van der Waals surface area contributed by atoms with E-state index in [-0.39, 0.29) is 35.8 Å². The number of carbonyl (C=O) groups excluding carboxylic acids is 2. The number of fused-ring (bicyclic) bond motifs is 3. The van der Waals surface area contributed by atoms with Gasteiger partial charge >= 0.3 is 5.97 Å². The molecule has 38 heavy (non-hydrogen) atoms. The van der Waals surface area contributed by atoms with Gasteiger partial charge in [0, 0.05) is 23.6 Å². The van der Waals surface area contributed by atoms with Crippen molar-refractivity contribution in [2.24, 2.45) is 5.92 Å². The van der Waals surface area contributed by atoms with Gasteiger partial charge in [0.25, 0.3) is 0 Å². The maximum absolute atomic E-state index is 14.1. The Kier molecular flexibility index (Phi) is 7.73. The number of hydrogen-bond acceptors (Lipinski definition) is 3. The first kappa shape index (κ1) is 27.5. The van der Waals surface area contributed by atoms with Crippen molar-refractivity contribution < 1.29 is 32.7 Å². The highest BCUT2D eigenvalue weighted by Gasteiger charge is 2.45. The van der Waals surface area contributed by atoms with Crippen molar-refractivity contribution in [3.8, 4) is 0 Å². The van der Waals surface area contributed by atoms with Gasteiger partial charge in [0.05, 0.1) is 17.0 Å². The van der Waals surface area contributed by atoms with Crippen LogP contribution < -0.4 is 10.6 Å².